The SMILES string of the molecule is CC(C)N(C)CCCNS(=O)(=O)c1cc(Cl)cc(N)c1F. The van der Waals surface area contributed by atoms with E-state index in [9.17, 15) is 12.8 Å². The lowest BCUT2D eigenvalue weighted by atomic mass is 10.3. The third-order valence-electron chi connectivity index (χ3n) is 3.18. The van der Waals surface area contributed by atoms with Gasteiger partial charge < -0.3 is 10.6 Å². The highest BCUT2D eigenvalue weighted by Crippen LogP contribution is 2.25. The van der Waals surface area contributed by atoms with Crippen LogP contribution in [0.15, 0.2) is 17.0 Å². The largest absolute Gasteiger partial charge is 0.396 e. The molecule has 8 heteroatoms. The zero-order valence-electron chi connectivity index (χ0n) is 12.4. The number of rotatable bonds is 7. The summed E-state index contributed by atoms with van der Waals surface area (Å²) in [7, 11) is -2.01. The summed E-state index contributed by atoms with van der Waals surface area (Å²) in [5.74, 6) is -0.980. The van der Waals surface area contributed by atoms with Crippen molar-refractivity contribution in [3.63, 3.8) is 0 Å². The number of nitrogens with zero attached hydrogens (tertiary/aromatic N) is 1. The predicted octanol–water partition coefficient (Wildman–Crippen LogP) is 2.07. The molecule has 0 fully saturated rings. The van der Waals surface area contributed by atoms with Gasteiger partial charge in [-0.1, -0.05) is 11.6 Å². The van der Waals surface area contributed by atoms with E-state index in [0.29, 0.717) is 12.5 Å². The van der Waals surface area contributed by atoms with Crippen LogP contribution < -0.4 is 10.5 Å². The number of sulfonamides is 1. The lowest BCUT2D eigenvalue weighted by Gasteiger charge is -2.20. The Kier molecular flexibility index (Phi) is 6.40. The molecule has 3 N–H and O–H groups in total. The molecule has 1 aromatic rings. The molecule has 0 unspecified atom stereocenters. The van der Waals surface area contributed by atoms with Gasteiger partial charge in [-0.15, -0.1) is 0 Å². The van der Waals surface area contributed by atoms with E-state index in [1.807, 2.05) is 20.9 Å². The number of anilines is 1. The molecule has 5 nitrogen and oxygen atoms in total. The van der Waals surface area contributed by atoms with Crippen LogP contribution in [0, 0.1) is 5.82 Å². The van der Waals surface area contributed by atoms with Crippen LogP contribution in [0.2, 0.25) is 5.02 Å². The highest BCUT2D eigenvalue weighted by molar-refractivity contribution is 7.89. The normalized spacial score (nSPS) is 12.3. The zero-order chi connectivity index (χ0) is 16.2. The topological polar surface area (TPSA) is 75.4 Å². The van der Waals surface area contributed by atoms with E-state index >= 15 is 0 Å². The molecule has 0 atom stereocenters. The molecule has 0 amide bonds. The van der Waals surface area contributed by atoms with Gasteiger partial charge in [0, 0.05) is 17.6 Å². The van der Waals surface area contributed by atoms with Gasteiger partial charge in [0.1, 0.15) is 4.90 Å². The highest BCUT2D eigenvalue weighted by atomic mass is 35.5. The van der Waals surface area contributed by atoms with Crippen molar-refractivity contribution in [1.82, 2.24) is 9.62 Å². The molecule has 0 heterocycles. The molecule has 0 spiro atoms. The maximum Gasteiger partial charge on any atom is 0.243 e. The molecule has 0 saturated carbocycles. The number of nitrogens with one attached hydrogen (secondary N) is 1. The summed E-state index contributed by atoms with van der Waals surface area (Å²) in [6, 6.07) is 2.61. The Labute approximate surface area is 130 Å². The van der Waals surface area contributed by atoms with Gasteiger partial charge in [0.05, 0.1) is 5.69 Å². The monoisotopic (exact) mass is 337 g/mol. The van der Waals surface area contributed by atoms with Crippen molar-refractivity contribution < 1.29 is 12.8 Å². The van der Waals surface area contributed by atoms with Gasteiger partial charge >= 0.3 is 0 Å². The maximum atomic E-state index is 13.8. The minimum atomic E-state index is -3.96. The van der Waals surface area contributed by atoms with Gasteiger partial charge in [0.25, 0.3) is 0 Å². The summed E-state index contributed by atoms with van der Waals surface area (Å²) in [6.07, 6.45) is 0.617. The number of benzene rings is 1. The average Bonchev–Trinajstić information content (AvgIpc) is 2.38. The summed E-state index contributed by atoms with van der Waals surface area (Å²) in [6.45, 7) is 5.05. The third-order valence-corrected chi connectivity index (χ3v) is 4.86. The fraction of sp³-hybridized carbons (Fsp3) is 0.538. The van der Waals surface area contributed by atoms with Crippen molar-refractivity contribution in [2.45, 2.75) is 31.2 Å². The molecule has 0 bridgehead atoms. The molecule has 0 aromatic heterocycles. The minimum Gasteiger partial charge on any atom is -0.396 e. The number of nitrogen functional groups attached to an aromatic ring is 1. The second-order valence-corrected chi connectivity index (χ2v) is 7.30. The first-order valence-corrected chi connectivity index (χ1v) is 8.45. The number of hydrogen-bond acceptors (Lipinski definition) is 4. The van der Waals surface area contributed by atoms with E-state index in [4.69, 9.17) is 17.3 Å². The summed E-state index contributed by atoms with van der Waals surface area (Å²) in [5, 5.41) is 0.0776. The van der Waals surface area contributed by atoms with Crippen LogP contribution in [-0.4, -0.2) is 39.5 Å². The maximum absolute atomic E-state index is 13.8. The van der Waals surface area contributed by atoms with Crippen molar-refractivity contribution in [2.75, 3.05) is 25.9 Å². The van der Waals surface area contributed by atoms with E-state index < -0.39 is 20.7 Å². The van der Waals surface area contributed by atoms with Crippen molar-refractivity contribution in [3.05, 3.63) is 23.0 Å². The van der Waals surface area contributed by atoms with Gasteiger partial charge in [0.2, 0.25) is 10.0 Å². The number of nitrogens with two attached hydrogens (primary N) is 1. The Balaban J connectivity index is 2.71. The Morgan fingerprint density at radius 2 is 2.05 bits per heavy atom. The average molecular weight is 338 g/mol. The van der Waals surface area contributed by atoms with Crippen LogP contribution in [0.5, 0.6) is 0 Å². The van der Waals surface area contributed by atoms with Gasteiger partial charge in [-0.25, -0.2) is 17.5 Å². The number of hydrogen-bond donors (Lipinski definition) is 2. The first-order chi connectivity index (χ1) is 9.65. The van der Waals surface area contributed by atoms with E-state index in [-0.39, 0.29) is 17.3 Å². The third kappa shape index (κ3) is 5.10. The van der Waals surface area contributed by atoms with Crippen molar-refractivity contribution in [2.24, 2.45) is 0 Å². The Morgan fingerprint density at radius 1 is 1.43 bits per heavy atom. The van der Waals surface area contributed by atoms with Gasteiger partial charge in [-0.2, -0.15) is 0 Å². The van der Waals surface area contributed by atoms with Crippen LogP contribution in [0.1, 0.15) is 20.3 Å². The molecule has 0 aliphatic carbocycles. The molecule has 21 heavy (non-hydrogen) atoms. The highest BCUT2D eigenvalue weighted by Gasteiger charge is 2.21. The standard InChI is InChI=1S/C13H21ClFN3O2S/c1-9(2)18(3)6-4-5-17-21(19,20)12-8-10(14)7-11(16)13(12)15/h7-9,17H,4-6,16H2,1-3H3. The summed E-state index contributed by atoms with van der Waals surface area (Å²) >= 11 is 5.72. The lowest BCUT2D eigenvalue weighted by molar-refractivity contribution is 0.271. The molecule has 1 rings (SSSR count). The van der Waals surface area contributed by atoms with E-state index in [2.05, 4.69) is 9.62 Å². The molecule has 0 aliphatic rings. The van der Waals surface area contributed by atoms with Crippen LogP contribution in [0.25, 0.3) is 0 Å². The predicted molar refractivity (Wildman–Crippen MR) is 83.4 cm³/mol. The fourth-order valence-electron chi connectivity index (χ4n) is 1.65. The van der Waals surface area contributed by atoms with Crippen molar-refractivity contribution >= 4 is 27.3 Å². The zero-order valence-corrected chi connectivity index (χ0v) is 13.9. The second kappa shape index (κ2) is 7.40. The second-order valence-electron chi connectivity index (χ2n) is 5.13. The molecule has 0 aliphatic heterocycles. The number of halogens is 2. The summed E-state index contributed by atoms with van der Waals surface area (Å²) in [5.41, 5.74) is 5.10. The van der Waals surface area contributed by atoms with Crippen molar-refractivity contribution in [1.29, 1.82) is 0 Å². The first-order valence-electron chi connectivity index (χ1n) is 6.59. The molecule has 0 saturated heterocycles. The van der Waals surface area contributed by atoms with Crippen LogP contribution in [0.3, 0.4) is 0 Å². The minimum absolute atomic E-state index is 0.0776. The van der Waals surface area contributed by atoms with Gasteiger partial charge in [-0.05, 0) is 46.0 Å². The molecule has 0 radical (unpaired) electrons. The van der Waals surface area contributed by atoms with Crippen LogP contribution >= 0.6 is 11.6 Å². The molecular formula is C13H21ClFN3O2S. The summed E-state index contributed by atoms with van der Waals surface area (Å²) < 4.78 is 40.3. The van der Waals surface area contributed by atoms with E-state index in [1.54, 1.807) is 0 Å². The molecule has 1 aromatic carbocycles. The van der Waals surface area contributed by atoms with E-state index in [1.165, 1.54) is 6.07 Å². The Bertz CT molecular complexity index is 593. The first kappa shape index (κ1) is 18.2. The smallest absolute Gasteiger partial charge is 0.243 e. The molecular weight excluding hydrogens is 317 g/mol. The summed E-state index contributed by atoms with van der Waals surface area (Å²) in [4.78, 5) is 1.57. The quantitative estimate of drug-likeness (QED) is 0.590. The van der Waals surface area contributed by atoms with Crippen LogP contribution in [-0.2, 0) is 10.0 Å². The van der Waals surface area contributed by atoms with Gasteiger partial charge in [0.15, 0.2) is 5.82 Å². The van der Waals surface area contributed by atoms with E-state index in [0.717, 1.165) is 12.6 Å². The molecule has 120 valence electrons. The lowest BCUT2D eigenvalue weighted by Crippen LogP contribution is -2.31. The Morgan fingerprint density at radius 3 is 2.62 bits per heavy atom. The Hall–Kier alpha value is -0.890. The fourth-order valence-corrected chi connectivity index (χ4v) is 3.15. The van der Waals surface area contributed by atoms with Gasteiger partial charge in [-0.3, -0.25) is 0 Å². The van der Waals surface area contributed by atoms with Crippen molar-refractivity contribution in [3.8, 4) is 0 Å². The van der Waals surface area contributed by atoms with Crippen LogP contribution in [0.4, 0.5) is 10.1 Å².